The molecule has 108 valence electrons. The number of aromatic nitrogens is 3. The van der Waals surface area contributed by atoms with E-state index in [2.05, 4.69) is 20.3 Å². The second kappa shape index (κ2) is 4.98. The SMILES string of the molecule is COCC1NC(c2c[nH]c3c(N)ncnc23)C(O)C1O. The Balaban J connectivity index is 1.97. The zero-order valence-electron chi connectivity index (χ0n) is 10.9. The van der Waals surface area contributed by atoms with Crippen LogP contribution in [0.5, 0.6) is 0 Å². The van der Waals surface area contributed by atoms with E-state index in [0.717, 1.165) is 5.56 Å². The van der Waals surface area contributed by atoms with Crippen molar-refractivity contribution in [3.05, 3.63) is 18.1 Å². The third-order valence-electron chi connectivity index (χ3n) is 3.70. The van der Waals surface area contributed by atoms with Crippen LogP contribution in [0.2, 0.25) is 0 Å². The molecule has 8 nitrogen and oxygen atoms in total. The third-order valence-corrected chi connectivity index (χ3v) is 3.70. The number of hydrogen-bond acceptors (Lipinski definition) is 7. The molecular formula is C12H17N5O3. The first kappa shape index (κ1) is 13.3. The molecule has 3 heterocycles. The van der Waals surface area contributed by atoms with E-state index in [1.807, 2.05) is 0 Å². The minimum absolute atomic E-state index is 0.314. The standard InChI is InChI=1S/C12H17N5O3/c1-20-3-6-10(18)11(19)8(17-6)5-2-14-9-7(5)15-4-16-12(9)13/h2,4,6,8,10-11,14,17-19H,3H2,1H3,(H2,13,15,16). The summed E-state index contributed by atoms with van der Waals surface area (Å²) in [6, 6.07) is -0.766. The molecule has 1 aliphatic heterocycles. The van der Waals surface area contributed by atoms with Gasteiger partial charge >= 0.3 is 0 Å². The Morgan fingerprint density at radius 3 is 2.90 bits per heavy atom. The van der Waals surface area contributed by atoms with E-state index in [1.54, 1.807) is 13.3 Å². The molecule has 8 heteroatoms. The van der Waals surface area contributed by atoms with Crippen molar-refractivity contribution in [2.75, 3.05) is 19.5 Å². The summed E-state index contributed by atoms with van der Waals surface area (Å²) in [5.74, 6) is 0.350. The van der Waals surface area contributed by atoms with Gasteiger partial charge in [0.2, 0.25) is 0 Å². The maximum Gasteiger partial charge on any atom is 0.151 e. The number of nitrogens with one attached hydrogen (secondary N) is 2. The molecule has 0 spiro atoms. The van der Waals surface area contributed by atoms with Crippen LogP contribution in [0.3, 0.4) is 0 Å². The molecule has 0 aliphatic carbocycles. The van der Waals surface area contributed by atoms with Gasteiger partial charge in [0.15, 0.2) is 5.82 Å². The van der Waals surface area contributed by atoms with Crippen LogP contribution in [-0.4, -0.2) is 57.1 Å². The highest BCUT2D eigenvalue weighted by Gasteiger charge is 2.42. The number of fused-ring (bicyclic) bond motifs is 1. The number of ether oxygens (including phenoxy) is 1. The molecule has 1 aliphatic rings. The lowest BCUT2D eigenvalue weighted by Crippen LogP contribution is -2.36. The van der Waals surface area contributed by atoms with E-state index in [9.17, 15) is 10.2 Å². The molecule has 0 radical (unpaired) electrons. The molecule has 2 aromatic rings. The van der Waals surface area contributed by atoms with Crippen molar-refractivity contribution in [2.24, 2.45) is 0 Å². The number of anilines is 1. The van der Waals surface area contributed by atoms with Crippen molar-refractivity contribution in [2.45, 2.75) is 24.3 Å². The van der Waals surface area contributed by atoms with Crippen LogP contribution in [0.1, 0.15) is 11.6 Å². The summed E-state index contributed by atoms with van der Waals surface area (Å²) in [5.41, 5.74) is 7.78. The van der Waals surface area contributed by atoms with Crippen molar-refractivity contribution < 1.29 is 14.9 Å². The van der Waals surface area contributed by atoms with Gasteiger partial charge in [0.25, 0.3) is 0 Å². The van der Waals surface area contributed by atoms with Gasteiger partial charge in [-0.05, 0) is 0 Å². The average molecular weight is 279 g/mol. The summed E-state index contributed by atoms with van der Waals surface area (Å²) in [7, 11) is 1.55. The van der Waals surface area contributed by atoms with Crippen LogP contribution in [0, 0.1) is 0 Å². The third kappa shape index (κ3) is 1.93. The average Bonchev–Trinajstić information content (AvgIpc) is 2.97. The molecule has 0 aromatic carbocycles. The lowest BCUT2D eigenvalue weighted by atomic mass is 10.0. The highest BCUT2D eigenvalue weighted by molar-refractivity contribution is 5.87. The lowest BCUT2D eigenvalue weighted by Gasteiger charge is -2.14. The predicted octanol–water partition coefficient (Wildman–Crippen LogP) is -1.08. The number of H-pyrrole nitrogens is 1. The molecule has 0 saturated carbocycles. The van der Waals surface area contributed by atoms with Crippen molar-refractivity contribution in [1.82, 2.24) is 20.3 Å². The summed E-state index contributed by atoms with van der Waals surface area (Å²) in [4.78, 5) is 11.1. The number of nitrogens with zero attached hydrogens (tertiary/aromatic N) is 2. The van der Waals surface area contributed by atoms with E-state index in [-0.39, 0.29) is 6.04 Å². The Kier molecular flexibility index (Phi) is 3.30. The Bertz CT molecular complexity index is 616. The maximum atomic E-state index is 10.2. The zero-order valence-corrected chi connectivity index (χ0v) is 10.9. The van der Waals surface area contributed by atoms with Crippen LogP contribution in [0.15, 0.2) is 12.5 Å². The van der Waals surface area contributed by atoms with Crippen LogP contribution in [0.4, 0.5) is 5.82 Å². The number of hydrogen-bond donors (Lipinski definition) is 5. The molecular weight excluding hydrogens is 262 g/mol. The molecule has 1 fully saturated rings. The van der Waals surface area contributed by atoms with Crippen LogP contribution in [-0.2, 0) is 4.74 Å². The normalized spacial score (nSPS) is 30.1. The maximum absolute atomic E-state index is 10.2. The van der Waals surface area contributed by atoms with Crippen molar-refractivity contribution in [3.8, 4) is 0 Å². The number of rotatable bonds is 3. The first-order valence-corrected chi connectivity index (χ1v) is 6.32. The van der Waals surface area contributed by atoms with Crippen LogP contribution in [0.25, 0.3) is 11.0 Å². The molecule has 3 rings (SSSR count). The highest BCUT2D eigenvalue weighted by Crippen LogP contribution is 2.32. The largest absolute Gasteiger partial charge is 0.389 e. The fourth-order valence-electron chi connectivity index (χ4n) is 2.68. The Morgan fingerprint density at radius 2 is 2.15 bits per heavy atom. The van der Waals surface area contributed by atoms with Gasteiger partial charge in [-0.1, -0.05) is 0 Å². The summed E-state index contributed by atoms with van der Waals surface area (Å²) in [5, 5.41) is 23.4. The molecule has 4 atom stereocenters. The minimum Gasteiger partial charge on any atom is -0.389 e. The Morgan fingerprint density at radius 1 is 1.35 bits per heavy atom. The summed E-state index contributed by atoms with van der Waals surface area (Å²) in [6.07, 6.45) is 1.26. The summed E-state index contributed by atoms with van der Waals surface area (Å²) >= 11 is 0. The van der Waals surface area contributed by atoms with Gasteiger partial charge in [0, 0.05) is 18.9 Å². The minimum atomic E-state index is -0.940. The molecule has 6 N–H and O–H groups in total. The van der Waals surface area contributed by atoms with Gasteiger partial charge in [-0.2, -0.15) is 0 Å². The van der Waals surface area contributed by atoms with Gasteiger partial charge in [0.1, 0.15) is 17.9 Å². The molecule has 0 bridgehead atoms. The Hall–Kier alpha value is -1.74. The lowest BCUT2D eigenvalue weighted by molar-refractivity contribution is 0.0149. The smallest absolute Gasteiger partial charge is 0.151 e. The van der Waals surface area contributed by atoms with E-state index < -0.39 is 18.2 Å². The van der Waals surface area contributed by atoms with E-state index >= 15 is 0 Å². The van der Waals surface area contributed by atoms with E-state index in [0.29, 0.717) is 23.5 Å². The van der Waals surface area contributed by atoms with Crippen molar-refractivity contribution in [3.63, 3.8) is 0 Å². The summed E-state index contributed by atoms with van der Waals surface area (Å²) < 4.78 is 5.03. The summed E-state index contributed by atoms with van der Waals surface area (Å²) in [6.45, 7) is 0.314. The molecule has 4 unspecified atom stereocenters. The second-order valence-electron chi connectivity index (χ2n) is 4.91. The number of aromatic amines is 1. The van der Waals surface area contributed by atoms with Gasteiger partial charge in [-0.15, -0.1) is 0 Å². The van der Waals surface area contributed by atoms with Crippen molar-refractivity contribution >= 4 is 16.9 Å². The number of aliphatic hydroxyl groups excluding tert-OH is 2. The number of aliphatic hydroxyl groups is 2. The monoisotopic (exact) mass is 279 g/mol. The molecule has 20 heavy (non-hydrogen) atoms. The molecule has 1 saturated heterocycles. The molecule has 2 aromatic heterocycles. The number of nitrogen functional groups attached to an aromatic ring is 1. The predicted molar refractivity (Wildman–Crippen MR) is 71.9 cm³/mol. The van der Waals surface area contributed by atoms with Gasteiger partial charge in [0.05, 0.1) is 30.3 Å². The van der Waals surface area contributed by atoms with Crippen molar-refractivity contribution in [1.29, 1.82) is 0 Å². The molecule has 0 amide bonds. The first-order valence-electron chi connectivity index (χ1n) is 6.32. The van der Waals surface area contributed by atoms with Crippen LogP contribution < -0.4 is 11.1 Å². The van der Waals surface area contributed by atoms with Gasteiger partial charge < -0.3 is 31.0 Å². The van der Waals surface area contributed by atoms with Gasteiger partial charge in [-0.25, -0.2) is 9.97 Å². The first-order chi connectivity index (χ1) is 9.63. The van der Waals surface area contributed by atoms with Crippen LogP contribution >= 0.6 is 0 Å². The zero-order chi connectivity index (χ0) is 14.3. The fourth-order valence-corrected chi connectivity index (χ4v) is 2.68. The van der Waals surface area contributed by atoms with E-state index in [4.69, 9.17) is 10.5 Å². The fraction of sp³-hybridized carbons (Fsp3) is 0.500. The topological polar surface area (TPSA) is 129 Å². The number of nitrogens with two attached hydrogens (primary N) is 1. The van der Waals surface area contributed by atoms with Gasteiger partial charge in [-0.3, -0.25) is 0 Å². The highest BCUT2D eigenvalue weighted by atomic mass is 16.5. The Labute approximate surface area is 115 Å². The quantitative estimate of drug-likeness (QED) is 0.483. The van der Waals surface area contributed by atoms with E-state index in [1.165, 1.54) is 6.33 Å². The number of methoxy groups -OCH3 is 1. The second-order valence-corrected chi connectivity index (χ2v) is 4.91.